The van der Waals surface area contributed by atoms with Crippen LogP contribution in [-0.2, 0) is 17.5 Å². The number of urea groups is 1. The molecule has 9 heteroatoms. The van der Waals surface area contributed by atoms with Crippen LogP contribution in [0, 0.1) is 11.3 Å². The summed E-state index contributed by atoms with van der Waals surface area (Å²) in [6, 6.07) is 9.59. The van der Waals surface area contributed by atoms with Crippen LogP contribution in [0.5, 0.6) is 0 Å². The Morgan fingerprint density at radius 2 is 2.03 bits per heavy atom. The largest absolute Gasteiger partial charge is 0.383 e. The van der Waals surface area contributed by atoms with Crippen molar-refractivity contribution in [3.8, 4) is 17.3 Å². The first kappa shape index (κ1) is 20.0. The van der Waals surface area contributed by atoms with Gasteiger partial charge in [0.05, 0.1) is 16.8 Å². The molecule has 0 atom stereocenters. The Hall–Kier alpha value is -3.93. The number of nitrogens with zero attached hydrogens (tertiary/aromatic N) is 6. The fourth-order valence-electron chi connectivity index (χ4n) is 4.64. The Kier molecular flexibility index (Phi) is 4.41. The third kappa shape index (κ3) is 3.15. The minimum Gasteiger partial charge on any atom is -0.383 e. The van der Waals surface area contributed by atoms with E-state index >= 15 is 0 Å². The van der Waals surface area contributed by atoms with E-state index in [0.29, 0.717) is 18.7 Å². The summed E-state index contributed by atoms with van der Waals surface area (Å²) < 4.78 is 2.01. The number of carbonyl (C=O) groups is 1. The fraction of sp³-hybridized carbons (Fsp3) is 0.348. The third-order valence-electron chi connectivity index (χ3n) is 6.56. The van der Waals surface area contributed by atoms with Crippen LogP contribution in [0.4, 0.5) is 10.6 Å². The number of aromatic nitrogens is 4. The van der Waals surface area contributed by atoms with Gasteiger partial charge in [-0.3, -0.25) is 9.67 Å². The van der Waals surface area contributed by atoms with E-state index in [9.17, 15) is 10.1 Å². The number of pyridine rings is 2. The van der Waals surface area contributed by atoms with Gasteiger partial charge in [-0.05, 0) is 50.1 Å². The second-order valence-electron chi connectivity index (χ2n) is 9.08. The minimum atomic E-state index is -0.492. The van der Waals surface area contributed by atoms with Crippen molar-refractivity contribution in [3.05, 3.63) is 59.7 Å². The van der Waals surface area contributed by atoms with Crippen molar-refractivity contribution >= 4 is 11.8 Å². The number of carbonyl (C=O) groups excluding carboxylic acids is 1. The Bertz CT molecular complexity index is 1230. The number of likely N-dealkylation sites (tertiary alicyclic amines) is 1. The number of nitriles is 1. The van der Waals surface area contributed by atoms with Crippen molar-refractivity contribution in [3.63, 3.8) is 0 Å². The molecule has 3 N–H and O–H groups in total. The number of fused-ring (bicyclic) bond motifs is 2. The van der Waals surface area contributed by atoms with Gasteiger partial charge < -0.3 is 16.0 Å². The van der Waals surface area contributed by atoms with Crippen molar-refractivity contribution in [1.29, 1.82) is 5.26 Å². The molecule has 0 bridgehead atoms. The van der Waals surface area contributed by atoms with Crippen molar-refractivity contribution in [2.75, 3.05) is 18.8 Å². The third-order valence-corrected chi connectivity index (χ3v) is 6.56. The first-order valence-corrected chi connectivity index (χ1v) is 10.5. The summed E-state index contributed by atoms with van der Waals surface area (Å²) in [5, 5.41) is 17.1. The summed E-state index contributed by atoms with van der Waals surface area (Å²) in [5.41, 5.74) is 9.18. The van der Waals surface area contributed by atoms with Gasteiger partial charge >= 0.3 is 6.03 Å². The van der Waals surface area contributed by atoms with E-state index in [4.69, 9.17) is 10.8 Å². The zero-order valence-corrected chi connectivity index (χ0v) is 18.0. The predicted octanol–water partition coefficient (Wildman–Crippen LogP) is 2.40. The van der Waals surface area contributed by atoms with Gasteiger partial charge in [-0.1, -0.05) is 0 Å². The molecule has 1 spiro atoms. The van der Waals surface area contributed by atoms with Crippen molar-refractivity contribution in [2.45, 2.75) is 37.8 Å². The average Bonchev–Trinajstić information content (AvgIpc) is 3.33. The SMILES string of the molecule is CC(C)(NC(=O)N1CC2(CCn3nc(-c4cnc(N)c(C#N)c4)cc32)C1)c1ccncc1. The van der Waals surface area contributed by atoms with Gasteiger partial charge in [-0.2, -0.15) is 10.4 Å². The van der Waals surface area contributed by atoms with Crippen molar-refractivity contribution in [2.24, 2.45) is 0 Å². The summed E-state index contributed by atoms with van der Waals surface area (Å²) in [4.78, 5) is 22.9. The molecule has 0 aromatic carbocycles. The highest BCUT2D eigenvalue weighted by Crippen LogP contribution is 2.44. The number of anilines is 1. The Balaban J connectivity index is 1.31. The smallest absolute Gasteiger partial charge is 0.318 e. The summed E-state index contributed by atoms with van der Waals surface area (Å²) in [6.07, 6.45) is 6.06. The van der Waals surface area contributed by atoms with Crippen LogP contribution >= 0.6 is 0 Å². The molecule has 0 saturated carbocycles. The topological polar surface area (TPSA) is 126 Å². The van der Waals surface area contributed by atoms with Crippen LogP contribution in [-0.4, -0.2) is 43.8 Å². The predicted molar refractivity (Wildman–Crippen MR) is 118 cm³/mol. The van der Waals surface area contributed by atoms with E-state index < -0.39 is 5.54 Å². The fourth-order valence-corrected chi connectivity index (χ4v) is 4.64. The Morgan fingerprint density at radius 3 is 2.75 bits per heavy atom. The minimum absolute atomic E-state index is 0.0722. The van der Waals surface area contributed by atoms with E-state index in [-0.39, 0.29) is 17.3 Å². The number of nitrogens with one attached hydrogen (secondary N) is 1. The van der Waals surface area contributed by atoms with E-state index in [1.165, 1.54) is 0 Å². The lowest BCUT2D eigenvalue weighted by atomic mass is 9.76. The number of nitrogens with two attached hydrogens (primary N) is 1. The maximum absolute atomic E-state index is 12.9. The van der Waals surface area contributed by atoms with E-state index in [2.05, 4.69) is 27.4 Å². The summed E-state index contributed by atoms with van der Waals surface area (Å²) in [7, 11) is 0. The van der Waals surface area contributed by atoms with Gasteiger partial charge in [0.25, 0.3) is 0 Å². The standard InChI is InChI=1S/C23H24N8O/c1-22(2,17-3-6-26-7-4-17)28-21(32)30-13-23(14-30)5-8-31-19(23)10-18(29-31)16-9-15(11-24)20(25)27-12-16/h3-4,6-7,9-10,12H,5,8,13-14H2,1-2H3,(H2,25,27)(H,28,32). The normalized spacial score (nSPS) is 16.3. The number of hydrogen-bond acceptors (Lipinski definition) is 6. The van der Waals surface area contributed by atoms with Crippen LogP contribution in [0.25, 0.3) is 11.3 Å². The lowest BCUT2D eigenvalue weighted by Crippen LogP contribution is -2.64. The van der Waals surface area contributed by atoms with Gasteiger partial charge in [-0.25, -0.2) is 9.78 Å². The molecule has 1 fully saturated rings. The second-order valence-corrected chi connectivity index (χ2v) is 9.08. The summed E-state index contributed by atoms with van der Waals surface area (Å²) in [6.45, 7) is 6.09. The Labute approximate surface area is 185 Å². The number of hydrogen-bond donors (Lipinski definition) is 2. The first-order valence-electron chi connectivity index (χ1n) is 10.5. The molecule has 0 unspecified atom stereocenters. The highest BCUT2D eigenvalue weighted by atomic mass is 16.2. The molecule has 3 aromatic rings. The van der Waals surface area contributed by atoms with Gasteiger partial charge in [0.15, 0.2) is 0 Å². The van der Waals surface area contributed by atoms with Crippen LogP contribution in [0.3, 0.4) is 0 Å². The van der Waals surface area contributed by atoms with Crippen LogP contribution in [0.1, 0.15) is 37.1 Å². The molecule has 32 heavy (non-hydrogen) atoms. The molecule has 3 aromatic heterocycles. The van der Waals surface area contributed by atoms with Gasteiger partial charge in [0, 0.05) is 54.9 Å². The van der Waals surface area contributed by atoms with Crippen molar-refractivity contribution < 1.29 is 4.79 Å². The van der Waals surface area contributed by atoms with Crippen LogP contribution in [0.2, 0.25) is 0 Å². The van der Waals surface area contributed by atoms with Crippen LogP contribution in [0.15, 0.2) is 42.9 Å². The number of nitrogen functional groups attached to an aromatic ring is 1. The van der Waals surface area contributed by atoms with E-state index in [1.807, 2.05) is 35.6 Å². The molecule has 1 saturated heterocycles. The molecule has 2 aliphatic heterocycles. The van der Waals surface area contributed by atoms with E-state index in [0.717, 1.165) is 35.5 Å². The monoisotopic (exact) mass is 428 g/mol. The van der Waals surface area contributed by atoms with Crippen LogP contribution < -0.4 is 11.1 Å². The molecular formula is C23H24N8O. The quantitative estimate of drug-likeness (QED) is 0.660. The molecule has 0 radical (unpaired) electrons. The zero-order valence-electron chi connectivity index (χ0n) is 18.0. The molecule has 2 amide bonds. The summed E-state index contributed by atoms with van der Waals surface area (Å²) >= 11 is 0. The van der Waals surface area contributed by atoms with Gasteiger partial charge in [0.2, 0.25) is 0 Å². The maximum atomic E-state index is 12.9. The number of amides is 2. The van der Waals surface area contributed by atoms with Crippen molar-refractivity contribution in [1.82, 2.24) is 30.0 Å². The molecule has 0 aliphatic carbocycles. The van der Waals surface area contributed by atoms with E-state index in [1.54, 1.807) is 24.7 Å². The number of rotatable bonds is 3. The zero-order chi connectivity index (χ0) is 22.5. The highest BCUT2D eigenvalue weighted by molar-refractivity contribution is 5.77. The molecule has 2 aliphatic rings. The van der Waals surface area contributed by atoms with Gasteiger partial charge in [-0.15, -0.1) is 0 Å². The second kappa shape index (κ2) is 7.05. The molecule has 5 heterocycles. The van der Waals surface area contributed by atoms with Gasteiger partial charge in [0.1, 0.15) is 11.9 Å². The lowest BCUT2D eigenvalue weighted by molar-refractivity contribution is 0.0871. The average molecular weight is 429 g/mol. The molecular weight excluding hydrogens is 404 g/mol. The summed E-state index contributed by atoms with van der Waals surface area (Å²) in [5.74, 6) is 0.217. The number of aryl methyl sites for hydroxylation is 1. The highest BCUT2D eigenvalue weighted by Gasteiger charge is 2.51. The molecule has 9 nitrogen and oxygen atoms in total. The first-order chi connectivity index (χ1) is 15.3. The molecule has 162 valence electrons. The maximum Gasteiger partial charge on any atom is 0.318 e. The lowest BCUT2D eigenvalue weighted by Gasteiger charge is -2.48. The molecule has 5 rings (SSSR count). The Morgan fingerprint density at radius 1 is 1.28 bits per heavy atom.